The van der Waals surface area contributed by atoms with Crippen molar-refractivity contribution in [3.8, 4) is 11.3 Å². The highest BCUT2D eigenvalue weighted by atomic mass is 16.5. The van der Waals surface area contributed by atoms with E-state index in [2.05, 4.69) is 20.2 Å². The van der Waals surface area contributed by atoms with Gasteiger partial charge in [0, 0.05) is 30.8 Å². The molecule has 1 amide bonds. The van der Waals surface area contributed by atoms with Crippen molar-refractivity contribution < 1.29 is 19.4 Å². The van der Waals surface area contributed by atoms with Gasteiger partial charge in [0.1, 0.15) is 0 Å². The molecule has 1 aliphatic rings. The topological polar surface area (TPSA) is 105 Å². The Hall–Kier alpha value is -2.84. The number of carboxylic acids is 1. The van der Waals surface area contributed by atoms with Crippen LogP contribution in [0.2, 0.25) is 0 Å². The van der Waals surface area contributed by atoms with Crippen molar-refractivity contribution >= 4 is 11.9 Å². The molecule has 0 bridgehead atoms. The number of likely N-dealkylation sites (N-methyl/N-ethyl adjacent to an activating group) is 1. The molecular weight excluding hydrogens is 348 g/mol. The second kappa shape index (κ2) is 8.24. The molecule has 2 heterocycles. The zero-order valence-corrected chi connectivity index (χ0v) is 15.3. The summed E-state index contributed by atoms with van der Waals surface area (Å²) in [6, 6.07) is 6.78. The first kappa shape index (κ1) is 18.9. The van der Waals surface area contributed by atoms with Gasteiger partial charge in [0.2, 0.25) is 0 Å². The number of hydrogen-bond donors (Lipinski definition) is 2. The van der Waals surface area contributed by atoms with Crippen LogP contribution < -0.4 is 5.32 Å². The van der Waals surface area contributed by atoms with Crippen molar-refractivity contribution in [1.29, 1.82) is 0 Å². The van der Waals surface area contributed by atoms with Crippen molar-refractivity contribution in [2.75, 3.05) is 26.7 Å². The molecule has 8 heteroatoms. The smallest absolute Gasteiger partial charge is 0.356 e. The van der Waals surface area contributed by atoms with Crippen LogP contribution in [-0.2, 0) is 4.74 Å². The quantitative estimate of drug-likeness (QED) is 0.789. The normalized spacial score (nSPS) is 19.8. The fourth-order valence-electron chi connectivity index (χ4n) is 3.14. The van der Waals surface area contributed by atoms with Gasteiger partial charge in [0.25, 0.3) is 5.91 Å². The Kier molecular flexibility index (Phi) is 5.78. The van der Waals surface area contributed by atoms with Crippen molar-refractivity contribution in [1.82, 2.24) is 20.2 Å². The summed E-state index contributed by atoms with van der Waals surface area (Å²) < 4.78 is 5.71. The lowest BCUT2D eigenvalue weighted by Crippen LogP contribution is -2.43. The number of benzene rings is 1. The Morgan fingerprint density at radius 2 is 2.00 bits per heavy atom. The third kappa shape index (κ3) is 4.47. The molecule has 2 N–H and O–H groups in total. The third-order valence-electron chi connectivity index (χ3n) is 4.44. The molecule has 2 atom stereocenters. The number of likely N-dealkylation sites (tertiary alicyclic amines) is 1. The molecule has 0 radical (unpaired) electrons. The summed E-state index contributed by atoms with van der Waals surface area (Å²) in [5.41, 5.74) is 1.53. The molecule has 27 heavy (non-hydrogen) atoms. The van der Waals surface area contributed by atoms with Crippen LogP contribution >= 0.6 is 0 Å². The van der Waals surface area contributed by atoms with Crippen LogP contribution in [0.5, 0.6) is 0 Å². The highest BCUT2D eigenvalue weighted by molar-refractivity contribution is 5.95. The van der Waals surface area contributed by atoms with Crippen LogP contribution in [0.4, 0.5) is 0 Å². The van der Waals surface area contributed by atoms with Gasteiger partial charge >= 0.3 is 5.97 Å². The summed E-state index contributed by atoms with van der Waals surface area (Å²) in [4.78, 5) is 33.7. The molecular formula is C19H22N4O4. The molecule has 8 nitrogen and oxygen atoms in total. The summed E-state index contributed by atoms with van der Waals surface area (Å²) in [6.07, 6.45) is 2.67. The number of rotatable bonds is 6. The van der Waals surface area contributed by atoms with E-state index in [1.54, 1.807) is 24.3 Å². The van der Waals surface area contributed by atoms with Gasteiger partial charge in [-0.15, -0.1) is 0 Å². The lowest BCUT2D eigenvalue weighted by molar-refractivity contribution is 0.0513. The number of aromatic carboxylic acids is 1. The van der Waals surface area contributed by atoms with Gasteiger partial charge in [0.15, 0.2) is 5.69 Å². The van der Waals surface area contributed by atoms with Crippen LogP contribution in [0.15, 0.2) is 36.7 Å². The van der Waals surface area contributed by atoms with Gasteiger partial charge in [-0.05, 0) is 26.1 Å². The van der Waals surface area contributed by atoms with Crippen molar-refractivity contribution in [3.05, 3.63) is 47.9 Å². The minimum absolute atomic E-state index is 0.0164. The highest BCUT2D eigenvalue weighted by Crippen LogP contribution is 2.18. The number of carbonyl (C=O) groups excluding carboxylic acids is 1. The number of amides is 1. The fraction of sp³-hybridized carbons (Fsp3) is 0.368. The average molecular weight is 370 g/mol. The molecule has 0 unspecified atom stereocenters. The van der Waals surface area contributed by atoms with Gasteiger partial charge in [-0.3, -0.25) is 9.78 Å². The molecule has 0 aliphatic carbocycles. The number of nitrogens with one attached hydrogen (secondary N) is 1. The number of carbonyl (C=O) groups is 2. The predicted octanol–water partition coefficient (Wildman–Crippen LogP) is 1.29. The maximum atomic E-state index is 12.6. The molecule has 1 aromatic heterocycles. The molecule has 3 rings (SSSR count). The molecule has 1 fully saturated rings. The Balaban J connectivity index is 1.70. The van der Waals surface area contributed by atoms with Crippen LogP contribution in [0, 0.1) is 0 Å². The number of aromatic nitrogens is 2. The van der Waals surface area contributed by atoms with Gasteiger partial charge in [-0.1, -0.05) is 12.1 Å². The van der Waals surface area contributed by atoms with E-state index in [-0.39, 0.29) is 23.7 Å². The summed E-state index contributed by atoms with van der Waals surface area (Å²) in [5, 5.41) is 12.1. The second-order valence-corrected chi connectivity index (χ2v) is 6.47. The van der Waals surface area contributed by atoms with Crippen LogP contribution in [-0.4, -0.2) is 70.7 Å². The Bertz CT molecular complexity index is 825. The highest BCUT2D eigenvalue weighted by Gasteiger charge is 2.32. The Labute approximate surface area is 157 Å². The molecule has 0 saturated carbocycles. The SMILES string of the molecule is CCO[C@H]1CN(C)C[C@@H]1NC(=O)c1ccc(-c2cncc(C(=O)O)n2)cc1. The largest absolute Gasteiger partial charge is 0.476 e. The maximum absolute atomic E-state index is 12.6. The minimum Gasteiger partial charge on any atom is -0.476 e. The predicted molar refractivity (Wildman–Crippen MR) is 98.6 cm³/mol. The number of ether oxygens (including phenoxy) is 1. The van der Waals surface area contributed by atoms with E-state index < -0.39 is 5.97 Å². The fourth-order valence-corrected chi connectivity index (χ4v) is 3.14. The molecule has 1 aromatic carbocycles. The lowest BCUT2D eigenvalue weighted by Gasteiger charge is -2.19. The summed E-state index contributed by atoms with van der Waals surface area (Å²) in [6.45, 7) is 4.08. The molecule has 1 aliphatic heterocycles. The summed E-state index contributed by atoms with van der Waals surface area (Å²) >= 11 is 0. The van der Waals surface area contributed by atoms with E-state index in [0.29, 0.717) is 23.4 Å². The monoisotopic (exact) mass is 370 g/mol. The van der Waals surface area contributed by atoms with E-state index in [0.717, 1.165) is 13.1 Å². The Morgan fingerprint density at radius 1 is 1.26 bits per heavy atom. The first-order valence-corrected chi connectivity index (χ1v) is 8.74. The minimum atomic E-state index is -1.13. The summed E-state index contributed by atoms with van der Waals surface area (Å²) in [7, 11) is 2.00. The van der Waals surface area contributed by atoms with E-state index in [1.807, 2.05) is 14.0 Å². The van der Waals surface area contributed by atoms with Gasteiger partial charge in [-0.2, -0.15) is 0 Å². The van der Waals surface area contributed by atoms with E-state index in [4.69, 9.17) is 9.84 Å². The van der Waals surface area contributed by atoms with Gasteiger partial charge < -0.3 is 20.1 Å². The van der Waals surface area contributed by atoms with Gasteiger partial charge in [-0.25, -0.2) is 9.78 Å². The second-order valence-electron chi connectivity index (χ2n) is 6.47. The third-order valence-corrected chi connectivity index (χ3v) is 4.44. The number of nitrogens with zero attached hydrogens (tertiary/aromatic N) is 3. The molecule has 142 valence electrons. The lowest BCUT2D eigenvalue weighted by atomic mass is 10.1. The zero-order valence-electron chi connectivity index (χ0n) is 15.3. The van der Waals surface area contributed by atoms with Crippen molar-refractivity contribution in [2.45, 2.75) is 19.1 Å². The Morgan fingerprint density at radius 3 is 2.67 bits per heavy atom. The maximum Gasteiger partial charge on any atom is 0.356 e. The van der Waals surface area contributed by atoms with Crippen LogP contribution in [0.3, 0.4) is 0 Å². The number of hydrogen-bond acceptors (Lipinski definition) is 6. The summed E-state index contributed by atoms with van der Waals surface area (Å²) in [5.74, 6) is -1.30. The molecule has 1 saturated heterocycles. The standard InChI is InChI=1S/C19H22N4O4/c1-3-27-17-11-23(2)10-16(17)22-18(24)13-6-4-12(5-7-13)14-8-20-9-15(21-14)19(25)26/h4-9,16-17H,3,10-11H2,1-2H3,(H,22,24)(H,25,26)/t16-,17-/m0/s1. The van der Waals surface area contributed by atoms with E-state index in [1.165, 1.54) is 12.4 Å². The first-order chi connectivity index (χ1) is 13.0. The first-order valence-electron chi connectivity index (χ1n) is 8.74. The molecule has 0 spiro atoms. The van der Waals surface area contributed by atoms with Crippen molar-refractivity contribution in [3.63, 3.8) is 0 Å². The van der Waals surface area contributed by atoms with Crippen molar-refractivity contribution in [2.24, 2.45) is 0 Å². The van der Waals surface area contributed by atoms with Crippen LogP contribution in [0.1, 0.15) is 27.8 Å². The number of carboxylic acid groups (broad SMARTS) is 1. The van der Waals surface area contributed by atoms with Crippen LogP contribution in [0.25, 0.3) is 11.3 Å². The average Bonchev–Trinajstić information content (AvgIpc) is 3.01. The van der Waals surface area contributed by atoms with Gasteiger partial charge in [0.05, 0.1) is 30.2 Å². The van der Waals surface area contributed by atoms with E-state index in [9.17, 15) is 9.59 Å². The molecule has 2 aromatic rings. The van der Waals surface area contributed by atoms with E-state index >= 15 is 0 Å². The zero-order chi connectivity index (χ0) is 19.4.